The van der Waals surface area contributed by atoms with Crippen LogP contribution in [0, 0.1) is 5.92 Å². The summed E-state index contributed by atoms with van der Waals surface area (Å²) in [5.74, 6) is 1.90. The molecule has 1 aromatic heterocycles. The van der Waals surface area contributed by atoms with E-state index in [1.807, 2.05) is 6.07 Å². The summed E-state index contributed by atoms with van der Waals surface area (Å²) in [6.45, 7) is 6.67. The van der Waals surface area contributed by atoms with E-state index in [9.17, 15) is 0 Å². The van der Waals surface area contributed by atoms with Gasteiger partial charge in [0, 0.05) is 6.04 Å². The Hall–Kier alpha value is -0.800. The Balaban J connectivity index is 2.07. The number of hydrogen-bond donors (Lipinski definition) is 1. The smallest absolute Gasteiger partial charge is 0.122 e. The number of hydrogen-bond acceptors (Lipinski definition) is 3. The van der Waals surface area contributed by atoms with E-state index in [1.54, 1.807) is 6.26 Å². The van der Waals surface area contributed by atoms with Crippen molar-refractivity contribution in [2.45, 2.75) is 51.6 Å². The van der Waals surface area contributed by atoms with Crippen molar-refractivity contribution in [3.63, 3.8) is 0 Å². The van der Waals surface area contributed by atoms with Gasteiger partial charge in [-0.05, 0) is 57.3 Å². The van der Waals surface area contributed by atoms with E-state index in [0.717, 1.165) is 24.8 Å². The summed E-state index contributed by atoms with van der Waals surface area (Å²) >= 11 is 0. The third-order valence-electron chi connectivity index (χ3n) is 4.19. The molecule has 3 nitrogen and oxygen atoms in total. The van der Waals surface area contributed by atoms with Crippen LogP contribution in [0.1, 0.15) is 51.3 Å². The van der Waals surface area contributed by atoms with Crippen molar-refractivity contribution >= 4 is 0 Å². The van der Waals surface area contributed by atoms with Gasteiger partial charge in [-0.25, -0.2) is 0 Å². The van der Waals surface area contributed by atoms with E-state index in [4.69, 9.17) is 10.2 Å². The molecule has 3 heteroatoms. The van der Waals surface area contributed by atoms with Crippen LogP contribution >= 0.6 is 0 Å². The largest absolute Gasteiger partial charge is 0.468 e. The summed E-state index contributed by atoms with van der Waals surface area (Å²) in [6.07, 6.45) is 6.98. The standard InChI is InChI=1S/C15H26N2O/c1-3-13-6-4-9-17(10-8-13)15(12(2)16)14-7-5-11-18-14/h5,7,11-13,15H,3-4,6,8-10,16H2,1-2H3. The van der Waals surface area contributed by atoms with Gasteiger partial charge in [0.25, 0.3) is 0 Å². The molecule has 18 heavy (non-hydrogen) atoms. The van der Waals surface area contributed by atoms with E-state index in [1.165, 1.54) is 25.7 Å². The minimum Gasteiger partial charge on any atom is -0.468 e. The van der Waals surface area contributed by atoms with Crippen molar-refractivity contribution in [2.75, 3.05) is 13.1 Å². The maximum Gasteiger partial charge on any atom is 0.122 e. The van der Waals surface area contributed by atoms with E-state index in [-0.39, 0.29) is 12.1 Å². The molecule has 0 spiro atoms. The summed E-state index contributed by atoms with van der Waals surface area (Å²) in [4.78, 5) is 2.51. The first kappa shape index (κ1) is 13.6. The van der Waals surface area contributed by atoms with Crippen LogP contribution in [-0.2, 0) is 0 Å². The maximum atomic E-state index is 6.18. The number of nitrogens with two attached hydrogens (primary N) is 1. The lowest BCUT2D eigenvalue weighted by Gasteiger charge is -2.31. The zero-order valence-electron chi connectivity index (χ0n) is 11.6. The molecule has 1 aliphatic rings. The fourth-order valence-electron chi connectivity index (χ4n) is 3.11. The van der Waals surface area contributed by atoms with Crippen LogP contribution in [-0.4, -0.2) is 24.0 Å². The van der Waals surface area contributed by atoms with Crippen LogP contribution in [0.15, 0.2) is 22.8 Å². The fourth-order valence-corrected chi connectivity index (χ4v) is 3.11. The second kappa shape index (κ2) is 6.39. The summed E-state index contributed by atoms with van der Waals surface area (Å²) in [5, 5.41) is 0. The van der Waals surface area contributed by atoms with Gasteiger partial charge < -0.3 is 10.2 Å². The van der Waals surface area contributed by atoms with Gasteiger partial charge >= 0.3 is 0 Å². The highest BCUT2D eigenvalue weighted by atomic mass is 16.3. The molecular formula is C15H26N2O. The Kier molecular flexibility index (Phi) is 4.84. The average Bonchev–Trinajstić information content (AvgIpc) is 2.75. The topological polar surface area (TPSA) is 42.4 Å². The molecule has 1 fully saturated rings. The van der Waals surface area contributed by atoms with Crippen LogP contribution in [0.4, 0.5) is 0 Å². The SMILES string of the molecule is CCC1CCCN(C(c2ccco2)C(C)N)CC1. The van der Waals surface area contributed by atoms with Crippen molar-refractivity contribution in [3.05, 3.63) is 24.2 Å². The molecule has 2 N–H and O–H groups in total. The van der Waals surface area contributed by atoms with Gasteiger partial charge in [0.2, 0.25) is 0 Å². The highest BCUT2D eigenvalue weighted by Crippen LogP contribution is 2.29. The highest BCUT2D eigenvalue weighted by molar-refractivity contribution is 5.07. The Morgan fingerprint density at radius 1 is 1.44 bits per heavy atom. The lowest BCUT2D eigenvalue weighted by atomic mass is 9.98. The summed E-state index contributed by atoms with van der Waals surface area (Å²) < 4.78 is 5.58. The van der Waals surface area contributed by atoms with Crippen LogP contribution in [0.25, 0.3) is 0 Å². The molecule has 3 unspecified atom stereocenters. The molecule has 0 aliphatic carbocycles. The first-order valence-corrected chi connectivity index (χ1v) is 7.25. The highest BCUT2D eigenvalue weighted by Gasteiger charge is 2.28. The van der Waals surface area contributed by atoms with Crippen LogP contribution in [0.5, 0.6) is 0 Å². The summed E-state index contributed by atoms with van der Waals surface area (Å²) in [7, 11) is 0. The third-order valence-corrected chi connectivity index (χ3v) is 4.19. The summed E-state index contributed by atoms with van der Waals surface area (Å²) in [5.41, 5.74) is 6.18. The van der Waals surface area contributed by atoms with E-state index >= 15 is 0 Å². The van der Waals surface area contributed by atoms with Crippen molar-refractivity contribution in [1.82, 2.24) is 4.90 Å². The molecule has 0 aromatic carbocycles. The Labute approximate surface area is 110 Å². The summed E-state index contributed by atoms with van der Waals surface area (Å²) in [6, 6.07) is 4.35. The maximum absolute atomic E-state index is 6.18. The van der Waals surface area contributed by atoms with Crippen LogP contribution in [0.2, 0.25) is 0 Å². The Morgan fingerprint density at radius 2 is 2.28 bits per heavy atom. The molecule has 3 atom stereocenters. The predicted molar refractivity (Wildman–Crippen MR) is 74.3 cm³/mol. The zero-order valence-corrected chi connectivity index (χ0v) is 11.6. The molecule has 102 valence electrons. The van der Waals surface area contributed by atoms with Crippen LogP contribution < -0.4 is 5.73 Å². The van der Waals surface area contributed by atoms with Crippen molar-refractivity contribution in [2.24, 2.45) is 11.7 Å². The third kappa shape index (κ3) is 3.15. The molecule has 2 rings (SSSR count). The number of likely N-dealkylation sites (tertiary alicyclic amines) is 1. The minimum atomic E-state index is 0.106. The molecule has 0 radical (unpaired) electrons. The lowest BCUT2D eigenvalue weighted by Crippen LogP contribution is -2.40. The Bertz CT molecular complexity index is 334. The van der Waals surface area contributed by atoms with Gasteiger partial charge in [0.15, 0.2) is 0 Å². The second-order valence-electron chi connectivity index (χ2n) is 5.56. The number of furan rings is 1. The lowest BCUT2D eigenvalue weighted by molar-refractivity contribution is 0.158. The van der Waals surface area contributed by atoms with Gasteiger partial charge in [-0.3, -0.25) is 4.90 Å². The van der Waals surface area contributed by atoms with E-state index < -0.39 is 0 Å². The predicted octanol–water partition coefficient (Wildman–Crippen LogP) is 3.18. The molecular weight excluding hydrogens is 224 g/mol. The molecule has 1 aromatic rings. The molecule has 0 amide bonds. The molecule has 2 heterocycles. The molecule has 1 saturated heterocycles. The number of nitrogens with zero attached hydrogens (tertiary/aromatic N) is 1. The Morgan fingerprint density at radius 3 is 2.89 bits per heavy atom. The second-order valence-corrected chi connectivity index (χ2v) is 5.56. The van der Waals surface area contributed by atoms with Crippen molar-refractivity contribution < 1.29 is 4.42 Å². The minimum absolute atomic E-state index is 0.106. The fraction of sp³-hybridized carbons (Fsp3) is 0.733. The van der Waals surface area contributed by atoms with Gasteiger partial charge in [0.1, 0.15) is 5.76 Å². The zero-order chi connectivity index (χ0) is 13.0. The first-order valence-electron chi connectivity index (χ1n) is 7.25. The van der Waals surface area contributed by atoms with E-state index in [0.29, 0.717) is 0 Å². The number of rotatable bonds is 4. The first-order chi connectivity index (χ1) is 8.72. The molecule has 0 bridgehead atoms. The molecule has 1 aliphatic heterocycles. The normalized spacial score (nSPS) is 25.6. The van der Waals surface area contributed by atoms with Gasteiger partial charge in [-0.1, -0.05) is 13.3 Å². The van der Waals surface area contributed by atoms with Gasteiger partial charge in [-0.2, -0.15) is 0 Å². The van der Waals surface area contributed by atoms with E-state index in [2.05, 4.69) is 24.8 Å². The van der Waals surface area contributed by atoms with Gasteiger partial charge in [-0.15, -0.1) is 0 Å². The van der Waals surface area contributed by atoms with Crippen LogP contribution in [0.3, 0.4) is 0 Å². The quantitative estimate of drug-likeness (QED) is 0.892. The average molecular weight is 250 g/mol. The molecule has 0 saturated carbocycles. The van der Waals surface area contributed by atoms with Gasteiger partial charge in [0.05, 0.1) is 12.3 Å². The van der Waals surface area contributed by atoms with Crippen molar-refractivity contribution in [3.8, 4) is 0 Å². The van der Waals surface area contributed by atoms with Crippen molar-refractivity contribution in [1.29, 1.82) is 0 Å². The monoisotopic (exact) mass is 250 g/mol.